The lowest BCUT2D eigenvalue weighted by molar-refractivity contribution is -0.120. The fourth-order valence-corrected chi connectivity index (χ4v) is 3.96. The summed E-state index contributed by atoms with van der Waals surface area (Å²) in [5.41, 5.74) is 0.407. The van der Waals surface area contributed by atoms with Gasteiger partial charge in [-0.25, -0.2) is 0 Å². The molecule has 36 heavy (non-hydrogen) atoms. The van der Waals surface area contributed by atoms with Crippen LogP contribution in [0.4, 0.5) is 5.69 Å². The molecule has 1 aliphatic heterocycles. The molecule has 1 unspecified atom stereocenters. The first-order valence-electron chi connectivity index (χ1n) is 11.7. The molecule has 3 aromatic rings. The number of anilines is 1. The summed E-state index contributed by atoms with van der Waals surface area (Å²) < 4.78 is 11.6. The Labute approximate surface area is 208 Å². The normalized spacial score (nSPS) is 17.9. The predicted molar refractivity (Wildman–Crippen MR) is 133 cm³/mol. The average Bonchev–Trinajstić information content (AvgIpc) is 2.99. The number of pyridine rings is 1. The van der Waals surface area contributed by atoms with Gasteiger partial charge in [0.1, 0.15) is 41.2 Å². The Kier molecular flexibility index (Phi) is 6.32. The summed E-state index contributed by atoms with van der Waals surface area (Å²) in [4.78, 5) is 31.7. The van der Waals surface area contributed by atoms with Crippen molar-refractivity contribution >= 4 is 17.5 Å². The van der Waals surface area contributed by atoms with Crippen LogP contribution in [0.3, 0.4) is 0 Å². The lowest BCUT2D eigenvalue weighted by atomic mass is 9.81. The van der Waals surface area contributed by atoms with Crippen LogP contribution >= 0.6 is 0 Å². The summed E-state index contributed by atoms with van der Waals surface area (Å²) in [5, 5.41) is 13.0. The third-order valence-corrected chi connectivity index (χ3v) is 6.22. The van der Waals surface area contributed by atoms with E-state index in [1.807, 2.05) is 18.2 Å². The highest BCUT2D eigenvalue weighted by molar-refractivity contribution is 6.03. The molecular formula is C28H25N3O5. The van der Waals surface area contributed by atoms with Gasteiger partial charge in [0.15, 0.2) is 0 Å². The summed E-state index contributed by atoms with van der Waals surface area (Å²) in [6.07, 6.45) is 3.78. The molecule has 1 aliphatic carbocycles. The van der Waals surface area contributed by atoms with E-state index in [1.165, 1.54) is 17.2 Å². The molecule has 2 aliphatic rings. The van der Waals surface area contributed by atoms with Gasteiger partial charge in [-0.3, -0.25) is 14.6 Å². The van der Waals surface area contributed by atoms with E-state index in [4.69, 9.17) is 9.47 Å². The van der Waals surface area contributed by atoms with E-state index < -0.39 is 17.6 Å². The van der Waals surface area contributed by atoms with Gasteiger partial charge in [-0.05, 0) is 55.7 Å². The molecule has 8 heteroatoms. The van der Waals surface area contributed by atoms with Crippen molar-refractivity contribution in [3.63, 3.8) is 0 Å². The molecule has 2 aromatic carbocycles. The van der Waals surface area contributed by atoms with Crippen LogP contribution in [0.25, 0.3) is 0 Å². The molecule has 1 atom stereocenters. The topological polar surface area (TPSA) is 101 Å². The van der Waals surface area contributed by atoms with Crippen LogP contribution in [0, 0.1) is 11.8 Å². The molecule has 8 nitrogen and oxygen atoms in total. The van der Waals surface area contributed by atoms with Gasteiger partial charge in [0.05, 0.1) is 5.69 Å². The first kappa shape index (κ1) is 23.4. The zero-order valence-electron chi connectivity index (χ0n) is 19.7. The maximum absolute atomic E-state index is 13.2. The maximum Gasteiger partial charge on any atom is 0.270 e. The first-order valence-corrected chi connectivity index (χ1v) is 11.7. The molecule has 0 radical (unpaired) electrons. The summed E-state index contributed by atoms with van der Waals surface area (Å²) in [7, 11) is 1.62. The third kappa shape index (κ3) is 5.02. The summed E-state index contributed by atoms with van der Waals surface area (Å²) in [5.74, 6) is 6.66. The van der Waals surface area contributed by atoms with E-state index in [0.29, 0.717) is 41.3 Å². The van der Waals surface area contributed by atoms with Gasteiger partial charge in [0.2, 0.25) is 0 Å². The predicted octanol–water partition coefficient (Wildman–Crippen LogP) is 3.29. The minimum atomic E-state index is -0.919. The number of nitrogens with one attached hydrogen (secondary N) is 1. The second-order valence-electron chi connectivity index (χ2n) is 8.84. The molecule has 2 N–H and O–H groups in total. The molecule has 5 rings (SSSR count). The molecule has 1 fully saturated rings. The van der Waals surface area contributed by atoms with Crippen molar-refractivity contribution in [3.05, 3.63) is 78.1 Å². The number of hydrogen-bond acceptors (Lipinski definition) is 6. The number of nitrogens with zero attached hydrogens (tertiary/aromatic N) is 2. The van der Waals surface area contributed by atoms with Gasteiger partial charge >= 0.3 is 0 Å². The molecule has 0 spiro atoms. The number of carbonyl (C=O) groups is 2. The van der Waals surface area contributed by atoms with E-state index in [-0.39, 0.29) is 18.2 Å². The lowest BCUT2D eigenvalue weighted by Crippen LogP contribution is -2.49. The Morgan fingerprint density at radius 2 is 1.97 bits per heavy atom. The Balaban J connectivity index is 1.29. The van der Waals surface area contributed by atoms with Crippen LogP contribution in [0.15, 0.2) is 66.9 Å². The van der Waals surface area contributed by atoms with Crippen LogP contribution in [0.2, 0.25) is 0 Å². The SMILES string of the molecule is CN1C(=O)C(NC(=O)c2cc(Oc3ccccc3)ccn2)COc2ccc(C#CC3(O)CCC3)cc21. The minimum Gasteiger partial charge on any atom is -0.489 e. The highest BCUT2D eigenvalue weighted by atomic mass is 16.5. The number of amides is 2. The van der Waals surface area contributed by atoms with Crippen LogP contribution in [0.1, 0.15) is 35.3 Å². The van der Waals surface area contributed by atoms with E-state index in [9.17, 15) is 14.7 Å². The van der Waals surface area contributed by atoms with Crippen LogP contribution in [-0.2, 0) is 4.79 Å². The van der Waals surface area contributed by atoms with Gasteiger partial charge in [-0.15, -0.1) is 0 Å². The van der Waals surface area contributed by atoms with Crippen molar-refractivity contribution in [1.82, 2.24) is 10.3 Å². The average molecular weight is 484 g/mol. The third-order valence-electron chi connectivity index (χ3n) is 6.22. The smallest absolute Gasteiger partial charge is 0.270 e. The molecule has 2 heterocycles. The van der Waals surface area contributed by atoms with Gasteiger partial charge in [0.25, 0.3) is 11.8 Å². The van der Waals surface area contributed by atoms with Crippen molar-refractivity contribution in [2.75, 3.05) is 18.6 Å². The van der Waals surface area contributed by atoms with Gasteiger partial charge < -0.3 is 24.8 Å². The quantitative estimate of drug-likeness (QED) is 0.553. The van der Waals surface area contributed by atoms with E-state index in [0.717, 1.165) is 6.42 Å². The number of aliphatic hydroxyl groups is 1. The van der Waals surface area contributed by atoms with Gasteiger partial charge in [-0.1, -0.05) is 30.0 Å². The molecule has 1 saturated carbocycles. The molecule has 182 valence electrons. The summed E-state index contributed by atoms with van der Waals surface area (Å²) >= 11 is 0. The van der Waals surface area contributed by atoms with Crippen LogP contribution < -0.4 is 19.7 Å². The second-order valence-corrected chi connectivity index (χ2v) is 8.84. The van der Waals surface area contributed by atoms with Crippen LogP contribution in [0.5, 0.6) is 17.2 Å². The summed E-state index contributed by atoms with van der Waals surface area (Å²) in [6.45, 7) is -0.0348. The number of para-hydroxylation sites is 1. The number of hydrogen-bond donors (Lipinski definition) is 2. The van der Waals surface area contributed by atoms with Gasteiger partial charge in [0, 0.05) is 24.9 Å². The molecule has 1 aromatic heterocycles. The number of fused-ring (bicyclic) bond motifs is 1. The molecule has 0 bridgehead atoms. The largest absolute Gasteiger partial charge is 0.489 e. The van der Waals surface area contributed by atoms with Crippen molar-refractivity contribution in [2.45, 2.75) is 30.9 Å². The Morgan fingerprint density at radius 3 is 2.72 bits per heavy atom. The number of ether oxygens (including phenoxy) is 2. The Morgan fingerprint density at radius 1 is 1.17 bits per heavy atom. The Hall–Kier alpha value is -4.35. The zero-order chi connectivity index (χ0) is 25.1. The Bertz CT molecular complexity index is 1360. The number of likely N-dealkylation sites (N-methyl/N-ethyl adjacent to an activating group) is 1. The second kappa shape index (κ2) is 9.72. The van der Waals surface area contributed by atoms with Crippen molar-refractivity contribution in [1.29, 1.82) is 0 Å². The van der Waals surface area contributed by atoms with E-state index in [2.05, 4.69) is 22.1 Å². The number of aromatic nitrogens is 1. The first-order chi connectivity index (χ1) is 17.4. The van der Waals surface area contributed by atoms with Crippen LogP contribution in [-0.4, -0.2) is 47.2 Å². The monoisotopic (exact) mass is 483 g/mol. The van der Waals surface area contributed by atoms with Crippen molar-refractivity contribution < 1.29 is 24.2 Å². The highest BCUT2D eigenvalue weighted by Gasteiger charge is 2.33. The standard InChI is InChI=1S/C28H25N3O5/c1-31-24-16-19(10-14-28(34)12-5-13-28)8-9-25(24)35-18-23(27(31)33)30-26(32)22-17-21(11-15-29-22)36-20-6-3-2-4-7-20/h2-4,6-9,11,15-17,23,34H,5,12-13,18H2,1H3,(H,30,32). The van der Waals surface area contributed by atoms with E-state index in [1.54, 1.807) is 43.4 Å². The lowest BCUT2D eigenvalue weighted by Gasteiger charge is -2.30. The van der Waals surface area contributed by atoms with Crippen molar-refractivity contribution in [2.24, 2.45) is 0 Å². The summed E-state index contributed by atoms with van der Waals surface area (Å²) in [6, 6.07) is 16.7. The maximum atomic E-state index is 13.2. The minimum absolute atomic E-state index is 0.0348. The fraction of sp³-hybridized carbons (Fsp3) is 0.250. The molecule has 2 amide bonds. The molecule has 0 saturated heterocycles. The number of carbonyl (C=O) groups excluding carboxylic acids is 2. The van der Waals surface area contributed by atoms with Gasteiger partial charge in [-0.2, -0.15) is 0 Å². The number of benzene rings is 2. The van der Waals surface area contributed by atoms with E-state index >= 15 is 0 Å². The fourth-order valence-electron chi connectivity index (χ4n) is 3.96. The highest BCUT2D eigenvalue weighted by Crippen LogP contribution is 2.33. The zero-order valence-corrected chi connectivity index (χ0v) is 19.7. The number of rotatable bonds is 4. The van der Waals surface area contributed by atoms with Crippen molar-refractivity contribution in [3.8, 4) is 29.1 Å². The molecular weight excluding hydrogens is 458 g/mol.